The molecule has 0 N–H and O–H groups in total. The van der Waals surface area contributed by atoms with Crippen LogP contribution in [0.3, 0.4) is 0 Å². The molecule has 1 atom stereocenters. The van der Waals surface area contributed by atoms with Gasteiger partial charge in [-0.1, -0.05) is 13.8 Å². The van der Waals surface area contributed by atoms with E-state index in [0.29, 0.717) is 5.92 Å². The first kappa shape index (κ1) is 13.6. The van der Waals surface area contributed by atoms with Crippen molar-refractivity contribution in [2.24, 2.45) is 0 Å². The second-order valence-electron chi connectivity index (χ2n) is 5.41. The molecule has 0 unspecified atom stereocenters. The molecule has 0 aromatic carbocycles. The molecular formula is C15H26N2O. The molecule has 1 saturated heterocycles. The van der Waals surface area contributed by atoms with Crippen molar-refractivity contribution in [2.75, 3.05) is 39.3 Å². The maximum absolute atomic E-state index is 5.69. The Hall–Kier alpha value is -0.800. The van der Waals surface area contributed by atoms with E-state index >= 15 is 0 Å². The Kier molecular flexibility index (Phi) is 4.84. The fourth-order valence-corrected chi connectivity index (χ4v) is 2.57. The standard InChI is InChI=1S/C15H26N2O/c1-4-16-9-11-17(12-10-16)8-7-13(2)15-6-5-14(3)18-15/h5-6,13H,4,7-12H2,1-3H3/t13-/m1/s1. The minimum absolute atomic E-state index is 0.530. The quantitative estimate of drug-likeness (QED) is 0.801. The number of hydrogen-bond acceptors (Lipinski definition) is 3. The summed E-state index contributed by atoms with van der Waals surface area (Å²) in [5.74, 6) is 2.69. The van der Waals surface area contributed by atoms with Crippen LogP contribution in [0.25, 0.3) is 0 Å². The predicted molar refractivity (Wildman–Crippen MR) is 75.0 cm³/mol. The molecule has 0 amide bonds. The first-order valence-electron chi connectivity index (χ1n) is 7.20. The highest BCUT2D eigenvalue weighted by Gasteiger charge is 2.17. The van der Waals surface area contributed by atoms with E-state index in [-0.39, 0.29) is 0 Å². The summed E-state index contributed by atoms with van der Waals surface area (Å²) in [6.45, 7) is 13.8. The van der Waals surface area contributed by atoms with Crippen LogP contribution < -0.4 is 0 Å². The lowest BCUT2D eigenvalue weighted by molar-refractivity contribution is 0.134. The summed E-state index contributed by atoms with van der Waals surface area (Å²) in [6.07, 6.45) is 1.19. The first-order chi connectivity index (χ1) is 8.69. The minimum atomic E-state index is 0.530. The van der Waals surface area contributed by atoms with Crippen molar-refractivity contribution in [1.29, 1.82) is 0 Å². The van der Waals surface area contributed by atoms with E-state index in [1.54, 1.807) is 0 Å². The van der Waals surface area contributed by atoms with Crippen LogP contribution in [0.5, 0.6) is 0 Å². The average molecular weight is 250 g/mol. The number of likely N-dealkylation sites (N-methyl/N-ethyl adjacent to an activating group) is 1. The van der Waals surface area contributed by atoms with Gasteiger partial charge in [0, 0.05) is 32.1 Å². The van der Waals surface area contributed by atoms with Gasteiger partial charge in [-0.2, -0.15) is 0 Å². The van der Waals surface area contributed by atoms with Crippen molar-refractivity contribution in [3.8, 4) is 0 Å². The fraction of sp³-hybridized carbons (Fsp3) is 0.733. The highest BCUT2D eigenvalue weighted by Crippen LogP contribution is 2.21. The molecule has 3 heteroatoms. The highest BCUT2D eigenvalue weighted by molar-refractivity contribution is 5.09. The van der Waals surface area contributed by atoms with E-state index in [2.05, 4.69) is 35.8 Å². The second-order valence-corrected chi connectivity index (χ2v) is 5.41. The van der Waals surface area contributed by atoms with Crippen molar-refractivity contribution < 1.29 is 4.42 Å². The Balaban J connectivity index is 1.72. The number of nitrogens with zero attached hydrogens (tertiary/aromatic N) is 2. The smallest absolute Gasteiger partial charge is 0.107 e. The molecule has 2 heterocycles. The SMILES string of the molecule is CCN1CCN(CC[C@@H](C)c2ccc(C)o2)CC1. The van der Waals surface area contributed by atoms with E-state index in [1.807, 2.05) is 6.92 Å². The highest BCUT2D eigenvalue weighted by atomic mass is 16.3. The summed E-state index contributed by atoms with van der Waals surface area (Å²) < 4.78 is 5.69. The molecule has 1 aliphatic heterocycles. The monoisotopic (exact) mass is 250 g/mol. The van der Waals surface area contributed by atoms with Gasteiger partial charge in [0.25, 0.3) is 0 Å². The van der Waals surface area contributed by atoms with Crippen molar-refractivity contribution in [3.63, 3.8) is 0 Å². The van der Waals surface area contributed by atoms with Crippen molar-refractivity contribution in [3.05, 3.63) is 23.7 Å². The number of aryl methyl sites for hydroxylation is 1. The van der Waals surface area contributed by atoms with Gasteiger partial charge < -0.3 is 14.2 Å². The molecule has 2 rings (SSSR count). The number of rotatable bonds is 5. The second kappa shape index (κ2) is 6.39. The van der Waals surface area contributed by atoms with Crippen LogP contribution in [-0.4, -0.2) is 49.1 Å². The molecule has 1 aromatic rings. The van der Waals surface area contributed by atoms with Crippen LogP contribution in [0.15, 0.2) is 16.5 Å². The van der Waals surface area contributed by atoms with E-state index in [9.17, 15) is 0 Å². The number of furan rings is 1. The fourth-order valence-electron chi connectivity index (χ4n) is 2.57. The van der Waals surface area contributed by atoms with Gasteiger partial charge >= 0.3 is 0 Å². The Labute approximate surface area is 111 Å². The zero-order valence-corrected chi connectivity index (χ0v) is 12.0. The van der Waals surface area contributed by atoms with Gasteiger partial charge in [0.05, 0.1) is 0 Å². The molecule has 102 valence electrons. The summed E-state index contributed by atoms with van der Waals surface area (Å²) in [5, 5.41) is 0. The molecule has 18 heavy (non-hydrogen) atoms. The maximum Gasteiger partial charge on any atom is 0.107 e. The van der Waals surface area contributed by atoms with Gasteiger partial charge in [-0.3, -0.25) is 0 Å². The van der Waals surface area contributed by atoms with Gasteiger partial charge in [-0.15, -0.1) is 0 Å². The third-order valence-electron chi connectivity index (χ3n) is 4.04. The van der Waals surface area contributed by atoms with Crippen molar-refractivity contribution in [1.82, 2.24) is 9.80 Å². The molecule has 0 radical (unpaired) electrons. The molecule has 0 aliphatic carbocycles. The third kappa shape index (κ3) is 3.59. The van der Waals surface area contributed by atoms with Crippen LogP contribution in [0.4, 0.5) is 0 Å². The van der Waals surface area contributed by atoms with E-state index in [4.69, 9.17) is 4.42 Å². The Bertz CT molecular complexity index is 353. The van der Waals surface area contributed by atoms with E-state index in [1.165, 1.54) is 45.7 Å². The van der Waals surface area contributed by atoms with E-state index < -0.39 is 0 Å². The molecule has 1 aliphatic rings. The third-order valence-corrected chi connectivity index (χ3v) is 4.04. The first-order valence-corrected chi connectivity index (χ1v) is 7.20. The van der Waals surface area contributed by atoms with Crippen molar-refractivity contribution >= 4 is 0 Å². The summed E-state index contributed by atoms with van der Waals surface area (Å²) in [7, 11) is 0. The van der Waals surface area contributed by atoms with Gasteiger partial charge in [-0.25, -0.2) is 0 Å². The summed E-state index contributed by atoms with van der Waals surface area (Å²) in [5.41, 5.74) is 0. The lowest BCUT2D eigenvalue weighted by Gasteiger charge is -2.34. The minimum Gasteiger partial charge on any atom is -0.466 e. The Morgan fingerprint density at radius 1 is 1.17 bits per heavy atom. The zero-order chi connectivity index (χ0) is 13.0. The van der Waals surface area contributed by atoms with Crippen LogP contribution in [0.1, 0.15) is 37.7 Å². The number of piperazine rings is 1. The van der Waals surface area contributed by atoms with Gasteiger partial charge in [0.2, 0.25) is 0 Å². The largest absolute Gasteiger partial charge is 0.466 e. The normalized spacial score (nSPS) is 20.2. The van der Waals surface area contributed by atoms with Crippen LogP contribution in [-0.2, 0) is 0 Å². The van der Waals surface area contributed by atoms with Gasteiger partial charge in [0.1, 0.15) is 11.5 Å². The summed E-state index contributed by atoms with van der Waals surface area (Å²) in [4.78, 5) is 5.11. The molecule has 0 saturated carbocycles. The molecule has 1 aromatic heterocycles. The van der Waals surface area contributed by atoms with Crippen LogP contribution >= 0.6 is 0 Å². The average Bonchev–Trinajstić information content (AvgIpc) is 2.83. The van der Waals surface area contributed by atoms with Crippen molar-refractivity contribution in [2.45, 2.75) is 33.1 Å². The summed E-state index contributed by atoms with van der Waals surface area (Å²) >= 11 is 0. The maximum atomic E-state index is 5.69. The topological polar surface area (TPSA) is 19.6 Å². The Morgan fingerprint density at radius 2 is 1.83 bits per heavy atom. The van der Waals surface area contributed by atoms with Gasteiger partial charge in [0.15, 0.2) is 0 Å². The lowest BCUT2D eigenvalue weighted by Crippen LogP contribution is -2.46. The Morgan fingerprint density at radius 3 is 2.39 bits per heavy atom. The summed E-state index contributed by atoms with van der Waals surface area (Å²) in [6, 6.07) is 4.18. The van der Waals surface area contributed by atoms with Crippen LogP contribution in [0, 0.1) is 6.92 Å². The molecule has 1 fully saturated rings. The molecular weight excluding hydrogens is 224 g/mol. The zero-order valence-electron chi connectivity index (χ0n) is 12.0. The lowest BCUT2D eigenvalue weighted by atomic mass is 10.0. The molecule has 0 spiro atoms. The predicted octanol–water partition coefficient (Wildman–Crippen LogP) is 2.72. The van der Waals surface area contributed by atoms with E-state index in [0.717, 1.165) is 11.5 Å². The van der Waals surface area contributed by atoms with Crippen LogP contribution in [0.2, 0.25) is 0 Å². The van der Waals surface area contributed by atoms with Gasteiger partial charge in [-0.05, 0) is 38.6 Å². The molecule has 0 bridgehead atoms. The number of hydrogen-bond donors (Lipinski definition) is 0. The molecule has 3 nitrogen and oxygen atoms in total.